The van der Waals surface area contributed by atoms with Gasteiger partial charge in [-0.3, -0.25) is 4.79 Å². The van der Waals surface area contributed by atoms with Gasteiger partial charge in [0.05, 0.1) is 6.20 Å². The van der Waals surface area contributed by atoms with Crippen molar-refractivity contribution in [2.24, 2.45) is 0 Å². The summed E-state index contributed by atoms with van der Waals surface area (Å²) in [6.07, 6.45) is 1.28. The molecule has 1 saturated heterocycles. The Labute approximate surface area is 112 Å². The Kier molecular flexibility index (Phi) is 3.18. The molecule has 0 spiro atoms. The highest BCUT2D eigenvalue weighted by Gasteiger charge is 2.47. The fraction of sp³-hybridized carbons (Fsp3) is 0.636. The van der Waals surface area contributed by atoms with Crippen LogP contribution in [0.2, 0.25) is 0 Å². The van der Waals surface area contributed by atoms with E-state index in [9.17, 15) is 13.2 Å². The zero-order valence-electron chi connectivity index (χ0n) is 11.5. The lowest BCUT2D eigenvalue weighted by Gasteiger charge is -2.43. The van der Waals surface area contributed by atoms with E-state index in [1.54, 1.807) is 32.7 Å². The molecular weight excluding hydrogens is 268 g/mol. The van der Waals surface area contributed by atoms with E-state index in [1.165, 1.54) is 10.5 Å². The zero-order chi connectivity index (χ0) is 14.4. The van der Waals surface area contributed by atoms with Gasteiger partial charge in [0, 0.05) is 20.1 Å². The number of nitrogens with one attached hydrogen (secondary N) is 1. The van der Waals surface area contributed by atoms with Crippen molar-refractivity contribution >= 4 is 15.9 Å². The van der Waals surface area contributed by atoms with Crippen LogP contribution >= 0.6 is 0 Å². The maximum absolute atomic E-state index is 12.6. The summed E-state index contributed by atoms with van der Waals surface area (Å²) in [5, 5.41) is 0.0235. The van der Waals surface area contributed by atoms with Crippen molar-refractivity contribution in [3.8, 4) is 0 Å². The Bertz CT molecular complexity index is 605. The van der Waals surface area contributed by atoms with Crippen molar-refractivity contribution in [2.75, 3.05) is 20.1 Å². The Morgan fingerprint density at radius 1 is 1.37 bits per heavy atom. The van der Waals surface area contributed by atoms with Crippen molar-refractivity contribution in [3.63, 3.8) is 0 Å². The van der Waals surface area contributed by atoms with Crippen LogP contribution in [0.15, 0.2) is 11.2 Å². The van der Waals surface area contributed by atoms with Gasteiger partial charge >= 0.3 is 0 Å². The number of aromatic nitrogens is 2. The van der Waals surface area contributed by atoms with E-state index in [2.05, 4.69) is 9.97 Å². The Morgan fingerprint density at radius 3 is 2.53 bits per heavy atom. The molecule has 1 amide bonds. The Morgan fingerprint density at radius 2 is 2.00 bits per heavy atom. The third kappa shape index (κ3) is 2.14. The number of piperazine rings is 1. The standard InChI is InChI=1S/C11H18N4O3S/c1-8-12-7-9(13-8)19(17,18)15-6-5-14(4)10(16)11(15,2)3/h7H,5-6H2,1-4H3,(H,12,13). The van der Waals surface area contributed by atoms with Crippen LogP contribution in [0.5, 0.6) is 0 Å². The Hall–Kier alpha value is -1.41. The normalized spacial score (nSPS) is 20.8. The zero-order valence-corrected chi connectivity index (χ0v) is 12.3. The van der Waals surface area contributed by atoms with Crippen LogP contribution in [-0.2, 0) is 14.8 Å². The third-order valence-corrected chi connectivity index (χ3v) is 5.36. The first-order valence-corrected chi connectivity index (χ1v) is 7.41. The molecule has 0 aromatic carbocycles. The molecule has 1 N–H and O–H groups in total. The number of likely N-dealkylation sites (N-methyl/N-ethyl adjacent to an activating group) is 1. The van der Waals surface area contributed by atoms with Crippen molar-refractivity contribution in [2.45, 2.75) is 31.3 Å². The number of carbonyl (C=O) groups excluding carboxylic acids is 1. The van der Waals surface area contributed by atoms with Gasteiger partial charge < -0.3 is 9.88 Å². The molecule has 0 aliphatic carbocycles. The average molecular weight is 286 g/mol. The molecule has 8 heteroatoms. The number of H-pyrrole nitrogens is 1. The molecule has 1 aliphatic rings. The molecule has 1 fully saturated rings. The summed E-state index contributed by atoms with van der Waals surface area (Å²) in [5.74, 6) is 0.315. The quantitative estimate of drug-likeness (QED) is 0.826. The molecule has 19 heavy (non-hydrogen) atoms. The summed E-state index contributed by atoms with van der Waals surface area (Å²) in [7, 11) is -2.06. The van der Waals surface area contributed by atoms with Crippen LogP contribution in [0.25, 0.3) is 0 Å². The molecule has 0 radical (unpaired) electrons. The van der Waals surface area contributed by atoms with Crippen LogP contribution < -0.4 is 0 Å². The van der Waals surface area contributed by atoms with E-state index in [0.717, 1.165) is 0 Å². The lowest BCUT2D eigenvalue weighted by atomic mass is 10.0. The number of rotatable bonds is 2. The van der Waals surface area contributed by atoms with Gasteiger partial charge in [-0.15, -0.1) is 0 Å². The summed E-state index contributed by atoms with van der Waals surface area (Å²) < 4.78 is 26.3. The minimum Gasteiger partial charge on any atom is -0.343 e. The molecule has 0 bridgehead atoms. The lowest BCUT2D eigenvalue weighted by Crippen LogP contribution is -2.63. The molecule has 0 unspecified atom stereocenters. The highest BCUT2D eigenvalue weighted by Crippen LogP contribution is 2.28. The maximum atomic E-state index is 12.6. The van der Waals surface area contributed by atoms with Crippen molar-refractivity contribution in [1.29, 1.82) is 0 Å². The third-order valence-electron chi connectivity index (χ3n) is 3.38. The number of imidazole rings is 1. The molecule has 1 aromatic heterocycles. The predicted octanol–water partition coefficient (Wildman–Crippen LogP) is -0.0406. The first-order chi connectivity index (χ1) is 8.67. The highest BCUT2D eigenvalue weighted by molar-refractivity contribution is 7.89. The van der Waals surface area contributed by atoms with Crippen molar-refractivity contribution < 1.29 is 13.2 Å². The number of aromatic amines is 1. The highest BCUT2D eigenvalue weighted by atomic mass is 32.2. The van der Waals surface area contributed by atoms with Crippen LogP contribution in [0.1, 0.15) is 19.7 Å². The van der Waals surface area contributed by atoms with Gasteiger partial charge in [0.1, 0.15) is 11.4 Å². The molecular formula is C11H18N4O3S. The number of sulfonamides is 1. The van der Waals surface area contributed by atoms with E-state index >= 15 is 0 Å². The van der Waals surface area contributed by atoms with Gasteiger partial charge in [-0.2, -0.15) is 4.31 Å². The van der Waals surface area contributed by atoms with Crippen molar-refractivity contribution in [3.05, 3.63) is 12.0 Å². The van der Waals surface area contributed by atoms with Crippen LogP contribution in [0.4, 0.5) is 0 Å². The predicted molar refractivity (Wildman–Crippen MR) is 68.9 cm³/mol. The monoisotopic (exact) mass is 286 g/mol. The largest absolute Gasteiger partial charge is 0.343 e. The smallest absolute Gasteiger partial charge is 0.261 e. The maximum Gasteiger partial charge on any atom is 0.261 e. The molecule has 106 valence electrons. The van der Waals surface area contributed by atoms with E-state index < -0.39 is 15.6 Å². The second kappa shape index (κ2) is 4.31. The summed E-state index contributed by atoms with van der Waals surface area (Å²) in [4.78, 5) is 20.3. The fourth-order valence-corrected chi connectivity index (χ4v) is 3.97. The van der Waals surface area contributed by atoms with E-state index in [4.69, 9.17) is 0 Å². The van der Waals surface area contributed by atoms with Gasteiger partial charge in [0.25, 0.3) is 10.0 Å². The molecule has 1 aromatic rings. The van der Waals surface area contributed by atoms with Crippen molar-refractivity contribution in [1.82, 2.24) is 19.2 Å². The van der Waals surface area contributed by atoms with E-state index in [0.29, 0.717) is 12.4 Å². The number of aryl methyl sites for hydroxylation is 1. The Balaban J connectivity index is 2.44. The summed E-state index contributed by atoms with van der Waals surface area (Å²) in [5.41, 5.74) is -1.09. The number of hydrogen-bond donors (Lipinski definition) is 1. The molecule has 0 saturated carbocycles. The second-order valence-electron chi connectivity index (χ2n) is 5.20. The second-order valence-corrected chi connectivity index (χ2v) is 7.03. The molecule has 1 aliphatic heterocycles. The minimum absolute atomic E-state index is 0.0235. The summed E-state index contributed by atoms with van der Waals surface area (Å²) in [6.45, 7) is 5.57. The van der Waals surface area contributed by atoms with Crippen LogP contribution in [0.3, 0.4) is 0 Å². The van der Waals surface area contributed by atoms with E-state index in [-0.39, 0.29) is 17.5 Å². The molecule has 2 rings (SSSR count). The lowest BCUT2D eigenvalue weighted by molar-refractivity contribution is -0.142. The summed E-state index contributed by atoms with van der Waals surface area (Å²) in [6, 6.07) is 0. The van der Waals surface area contributed by atoms with Crippen LogP contribution in [-0.4, -0.2) is 59.2 Å². The SMILES string of the molecule is Cc1ncc(S(=O)(=O)N2CCN(C)C(=O)C2(C)C)[nH]1. The first kappa shape index (κ1) is 14.0. The van der Waals surface area contributed by atoms with Gasteiger partial charge in [-0.05, 0) is 20.8 Å². The van der Waals surface area contributed by atoms with Gasteiger partial charge in [0.15, 0.2) is 5.03 Å². The number of amides is 1. The fourth-order valence-electron chi connectivity index (χ4n) is 2.26. The topological polar surface area (TPSA) is 86.4 Å². The first-order valence-electron chi connectivity index (χ1n) is 5.97. The molecule has 2 heterocycles. The van der Waals surface area contributed by atoms with Gasteiger partial charge in [0.2, 0.25) is 5.91 Å². The molecule has 7 nitrogen and oxygen atoms in total. The minimum atomic E-state index is -3.74. The number of hydrogen-bond acceptors (Lipinski definition) is 4. The number of nitrogens with zero attached hydrogens (tertiary/aromatic N) is 3. The van der Waals surface area contributed by atoms with Crippen LogP contribution in [0, 0.1) is 6.92 Å². The number of carbonyl (C=O) groups is 1. The van der Waals surface area contributed by atoms with E-state index in [1.807, 2.05) is 0 Å². The van der Waals surface area contributed by atoms with Gasteiger partial charge in [-0.1, -0.05) is 0 Å². The summed E-state index contributed by atoms with van der Waals surface area (Å²) >= 11 is 0. The average Bonchev–Trinajstić information content (AvgIpc) is 2.73. The van der Waals surface area contributed by atoms with Gasteiger partial charge in [-0.25, -0.2) is 13.4 Å². The molecule has 0 atom stereocenters.